The molecule has 0 aromatic carbocycles. The molecule has 1 atom stereocenters. The minimum atomic E-state index is -0.701. The third-order valence-electron chi connectivity index (χ3n) is 1.53. The van der Waals surface area contributed by atoms with E-state index in [1.54, 1.807) is 23.0 Å². The van der Waals surface area contributed by atoms with E-state index >= 15 is 0 Å². The van der Waals surface area contributed by atoms with Crippen molar-refractivity contribution in [2.45, 2.75) is 13.0 Å². The van der Waals surface area contributed by atoms with Gasteiger partial charge in [-0.3, -0.25) is 0 Å². The van der Waals surface area contributed by atoms with Gasteiger partial charge in [-0.25, -0.2) is 4.79 Å². The lowest BCUT2D eigenvalue weighted by molar-refractivity contribution is 0.0435. The number of rotatable bonds is 2. The van der Waals surface area contributed by atoms with Gasteiger partial charge in [0.15, 0.2) is 6.10 Å². The van der Waals surface area contributed by atoms with Gasteiger partial charge in [0.05, 0.1) is 5.56 Å². The van der Waals surface area contributed by atoms with Crippen molar-refractivity contribution >= 4 is 5.97 Å². The van der Waals surface area contributed by atoms with Crippen LogP contribution in [-0.4, -0.2) is 16.6 Å². The Morgan fingerprint density at radius 3 is 2.92 bits per heavy atom. The number of ether oxygens (including phenoxy) is 1. The predicted molar refractivity (Wildman–Crippen MR) is 45.9 cm³/mol. The summed E-state index contributed by atoms with van der Waals surface area (Å²) in [6.45, 7) is 1.53. The standard InChI is InChI=1S/C9H10N2O2/c1-7(5-10)13-9(12)8-3-4-11(2)6-8/h3-4,6-7H,1-2H3. The lowest BCUT2D eigenvalue weighted by Gasteiger charge is -2.03. The maximum atomic E-state index is 11.2. The number of esters is 1. The summed E-state index contributed by atoms with van der Waals surface area (Å²) in [6.07, 6.45) is 2.69. The van der Waals surface area contributed by atoms with E-state index in [1.165, 1.54) is 6.92 Å². The predicted octanol–water partition coefficient (Wildman–Crippen LogP) is 1.09. The van der Waals surface area contributed by atoms with Crippen LogP contribution >= 0.6 is 0 Å². The fraction of sp³-hybridized carbons (Fsp3) is 0.333. The molecule has 0 radical (unpaired) electrons. The molecule has 1 rings (SSSR count). The average molecular weight is 178 g/mol. The van der Waals surface area contributed by atoms with Gasteiger partial charge in [0.1, 0.15) is 6.07 Å². The first-order valence-corrected chi connectivity index (χ1v) is 3.86. The first kappa shape index (κ1) is 9.33. The van der Waals surface area contributed by atoms with Crippen LogP contribution in [0.2, 0.25) is 0 Å². The molecule has 0 aliphatic heterocycles. The Balaban J connectivity index is 2.65. The van der Waals surface area contributed by atoms with Crippen LogP contribution in [0.1, 0.15) is 17.3 Å². The first-order valence-electron chi connectivity index (χ1n) is 3.86. The van der Waals surface area contributed by atoms with E-state index in [9.17, 15) is 4.79 Å². The van der Waals surface area contributed by atoms with Gasteiger partial charge < -0.3 is 9.30 Å². The zero-order valence-corrected chi connectivity index (χ0v) is 7.52. The molecule has 0 bridgehead atoms. The Kier molecular flexibility index (Phi) is 2.70. The minimum Gasteiger partial charge on any atom is -0.444 e. The molecule has 1 aromatic heterocycles. The number of carbonyl (C=O) groups is 1. The molecule has 0 amide bonds. The van der Waals surface area contributed by atoms with E-state index in [4.69, 9.17) is 10.00 Å². The fourth-order valence-corrected chi connectivity index (χ4v) is 0.879. The van der Waals surface area contributed by atoms with Crippen LogP contribution in [0, 0.1) is 11.3 Å². The molecular formula is C9H10N2O2. The highest BCUT2D eigenvalue weighted by molar-refractivity contribution is 5.89. The molecule has 0 saturated heterocycles. The monoisotopic (exact) mass is 178 g/mol. The van der Waals surface area contributed by atoms with E-state index in [0.717, 1.165) is 0 Å². The van der Waals surface area contributed by atoms with E-state index in [0.29, 0.717) is 5.56 Å². The second-order valence-corrected chi connectivity index (χ2v) is 2.74. The number of hydrogen-bond acceptors (Lipinski definition) is 3. The average Bonchev–Trinajstić information content (AvgIpc) is 2.51. The van der Waals surface area contributed by atoms with Crippen LogP contribution in [0.5, 0.6) is 0 Å². The summed E-state index contributed by atoms with van der Waals surface area (Å²) in [7, 11) is 1.81. The number of nitrogens with zero attached hydrogens (tertiary/aromatic N) is 2. The van der Waals surface area contributed by atoms with Gasteiger partial charge in [0.25, 0.3) is 0 Å². The second-order valence-electron chi connectivity index (χ2n) is 2.74. The zero-order valence-electron chi connectivity index (χ0n) is 7.52. The van der Waals surface area contributed by atoms with Crippen molar-refractivity contribution in [2.24, 2.45) is 7.05 Å². The van der Waals surface area contributed by atoms with Crippen molar-refractivity contribution < 1.29 is 9.53 Å². The molecule has 13 heavy (non-hydrogen) atoms. The number of carbonyl (C=O) groups excluding carboxylic acids is 1. The van der Waals surface area contributed by atoms with E-state index < -0.39 is 12.1 Å². The summed E-state index contributed by atoms with van der Waals surface area (Å²) in [6, 6.07) is 3.47. The number of nitriles is 1. The summed E-state index contributed by atoms with van der Waals surface area (Å²) in [5, 5.41) is 8.40. The molecule has 1 heterocycles. The van der Waals surface area contributed by atoms with Crippen LogP contribution < -0.4 is 0 Å². The molecule has 68 valence electrons. The summed E-state index contributed by atoms with van der Waals surface area (Å²) in [5.41, 5.74) is 0.463. The third kappa shape index (κ3) is 2.34. The largest absolute Gasteiger partial charge is 0.444 e. The van der Waals surface area contributed by atoms with Gasteiger partial charge in [0.2, 0.25) is 0 Å². The van der Waals surface area contributed by atoms with Crippen molar-refractivity contribution in [2.75, 3.05) is 0 Å². The van der Waals surface area contributed by atoms with Crippen molar-refractivity contribution in [3.63, 3.8) is 0 Å². The lowest BCUT2D eigenvalue weighted by atomic mass is 10.3. The highest BCUT2D eigenvalue weighted by Crippen LogP contribution is 2.03. The van der Waals surface area contributed by atoms with Crippen molar-refractivity contribution in [1.29, 1.82) is 5.26 Å². The molecule has 1 aromatic rings. The number of hydrogen-bond donors (Lipinski definition) is 0. The summed E-state index contributed by atoms with van der Waals surface area (Å²) in [4.78, 5) is 11.2. The normalized spacial score (nSPS) is 11.8. The van der Waals surface area contributed by atoms with Crippen LogP contribution in [-0.2, 0) is 11.8 Å². The Labute approximate surface area is 76.3 Å². The first-order chi connectivity index (χ1) is 6.13. The second kappa shape index (κ2) is 3.76. The van der Waals surface area contributed by atoms with Gasteiger partial charge in [0, 0.05) is 19.4 Å². The van der Waals surface area contributed by atoms with Crippen LogP contribution in [0.4, 0.5) is 0 Å². The molecule has 4 heteroatoms. The minimum absolute atomic E-state index is 0.463. The Morgan fingerprint density at radius 1 is 1.77 bits per heavy atom. The molecule has 1 unspecified atom stereocenters. The lowest BCUT2D eigenvalue weighted by Crippen LogP contribution is -2.12. The molecule has 0 aliphatic carbocycles. The molecule has 0 saturated carbocycles. The zero-order chi connectivity index (χ0) is 9.84. The molecule has 4 nitrogen and oxygen atoms in total. The van der Waals surface area contributed by atoms with Gasteiger partial charge in [-0.2, -0.15) is 5.26 Å². The van der Waals surface area contributed by atoms with Gasteiger partial charge in [-0.05, 0) is 13.0 Å². The number of aromatic nitrogens is 1. The van der Waals surface area contributed by atoms with Crippen molar-refractivity contribution in [3.05, 3.63) is 24.0 Å². The number of aryl methyl sites for hydroxylation is 1. The molecule has 0 N–H and O–H groups in total. The third-order valence-corrected chi connectivity index (χ3v) is 1.53. The quantitative estimate of drug-likeness (QED) is 0.637. The highest BCUT2D eigenvalue weighted by atomic mass is 16.5. The van der Waals surface area contributed by atoms with Crippen molar-refractivity contribution in [1.82, 2.24) is 4.57 Å². The fourth-order valence-electron chi connectivity index (χ4n) is 0.879. The van der Waals surface area contributed by atoms with Gasteiger partial charge >= 0.3 is 5.97 Å². The SMILES string of the molecule is CC(C#N)OC(=O)c1ccn(C)c1. The topological polar surface area (TPSA) is 55.0 Å². The Hall–Kier alpha value is -1.76. The van der Waals surface area contributed by atoms with Crippen molar-refractivity contribution in [3.8, 4) is 6.07 Å². The molecule has 0 fully saturated rings. The van der Waals surface area contributed by atoms with E-state index in [1.807, 2.05) is 13.1 Å². The Morgan fingerprint density at radius 2 is 2.46 bits per heavy atom. The maximum Gasteiger partial charge on any atom is 0.340 e. The summed E-state index contributed by atoms with van der Waals surface area (Å²) in [5.74, 6) is -0.463. The van der Waals surface area contributed by atoms with Crippen LogP contribution in [0.15, 0.2) is 18.5 Å². The van der Waals surface area contributed by atoms with Crippen LogP contribution in [0.3, 0.4) is 0 Å². The smallest absolute Gasteiger partial charge is 0.340 e. The summed E-state index contributed by atoms with van der Waals surface area (Å²) >= 11 is 0. The highest BCUT2D eigenvalue weighted by Gasteiger charge is 2.11. The Bertz CT molecular complexity index is 349. The van der Waals surface area contributed by atoms with Crippen LogP contribution in [0.25, 0.3) is 0 Å². The van der Waals surface area contributed by atoms with Gasteiger partial charge in [-0.15, -0.1) is 0 Å². The summed E-state index contributed by atoms with van der Waals surface area (Å²) < 4.78 is 6.53. The molecule has 0 aliphatic rings. The van der Waals surface area contributed by atoms with E-state index in [-0.39, 0.29) is 0 Å². The molecular weight excluding hydrogens is 168 g/mol. The van der Waals surface area contributed by atoms with E-state index in [2.05, 4.69) is 0 Å². The molecule has 0 spiro atoms. The van der Waals surface area contributed by atoms with Gasteiger partial charge in [-0.1, -0.05) is 0 Å². The maximum absolute atomic E-state index is 11.2.